The van der Waals surface area contributed by atoms with Crippen LogP contribution in [0.3, 0.4) is 0 Å². The van der Waals surface area contributed by atoms with Crippen molar-refractivity contribution in [2.75, 3.05) is 13.2 Å². The Hall–Kier alpha value is -0.740. The molecule has 0 unspecified atom stereocenters. The highest BCUT2D eigenvalue weighted by molar-refractivity contribution is 9.10. The van der Waals surface area contributed by atoms with Crippen LogP contribution in [0.25, 0.3) is 0 Å². The Kier molecular flexibility index (Phi) is 3.95. The van der Waals surface area contributed by atoms with Gasteiger partial charge in [0.15, 0.2) is 11.5 Å². The zero-order valence-corrected chi connectivity index (χ0v) is 14.5. The van der Waals surface area contributed by atoms with Crippen LogP contribution in [0, 0.1) is 5.41 Å². The van der Waals surface area contributed by atoms with Gasteiger partial charge in [0.2, 0.25) is 0 Å². The minimum atomic E-state index is -0.221. The highest BCUT2D eigenvalue weighted by Gasteiger charge is 2.33. The predicted octanol–water partition coefficient (Wildman–Crippen LogP) is 4.36. The van der Waals surface area contributed by atoms with Gasteiger partial charge in [0.05, 0.1) is 17.7 Å². The second kappa shape index (κ2) is 5.47. The Morgan fingerprint density at radius 2 is 1.71 bits per heavy atom. The van der Waals surface area contributed by atoms with Crippen molar-refractivity contribution in [3.8, 4) is 11.5 Å². The monoisotopic (exact) mass is 353 g/mol. The van der Waals surface area contributed by atoms with E-state index in [1.807, 2.05) is 0 Å². The fourth-order valence-electron chi connectivity index (χ4n) is 3.16. The third-order valence-corrected chi connectivity index (χ3v) is 5.14. The summed E-state index contributed by atoms with van der Waals surface area (Å²) in [6, 6.07) is 4.21. The van der Waals surface area contributed by atoms with Crippen molar-refractivity contribution in [3.05, 3.63) is 22.2 Å². The van der Waals surface area contributed by atoms with Gasteiger partial charge in [0.25, 0.3) is 0 Å². The number of hydrogen-bond donors (Lipinski definition) is 1. The molecule has 0 atom stereocenters. The maximum atomic E-state index is 6.66. The van der Waals surface area contributed by atoms with Crippen LogP contribution >= 0.6 is 15.9 Å². The van der Waals surface area contributed by atoms with Gasteiger partial charge in [0, 0.05) is 11.0 Å². The number of hydrogen-bond acceptors (Lipinski definition) is 3. The van der Waals surface area contributed by atoms with Gasteiger partial charge in [-0.3, -0.25) is 0 Å². The number of nitrogens with two attached hydrogens (primary N) is 1. The maximum absolute atomic E-state index is 6.66. The molecule has 116 valence electrons. The molecule has 0 spiro atoms. The van der Waals surface area contributed by atoms with Crippen LogP contribution in [0.1, 0.15) is 51.5 Å². The minimum Gasteiger partial charge on any atom is -0.489 e. The van der Waals surface area contributed by atoms with Crippen LogP contribution in [0.2, 0.25) is 0 Å². The van der Waals surface area contributed by atoms with E-state index in [1.165, 1.54) is 19.3 Å². The van der Waals surface area contributed by atoms with Gasteiger partial charge in [-0.25, -0.2) is 0 Å². The number of benzene rings is 1. The molecule has 1 saturated carbocycles. The Morgan fingerprint density at radius 3 is 2.43 bits per heavy atom. The summed E-state index contributed by atoms with van der Waals surface area (Å²) in [6.07, 6.45) is 5.79. The first-order valence-electron chi connectivity index (χ1n) is 7.78. The van der Waals surface area contributed by atoms with Crippen molar-refractivity contribution in [1.29, 1.82) is 0 Å². The molecule has 1 fully saturated rings. The summed E-state index contributed by atoms with van der Waals surface area (Å²) in [5.74, 6) is 1.63. The van der Waals surface area contributed by atoms with E-state index in [9.17, 15) is 0 Å². The highest BCUT2D eigenvalue weighted by Crippen LogP contribution is 2.44. The number of fused-ring (bicyclic) bond motifs is 1. The Balaban J connectivity index is 1.96. The van der Waals surface area contributed by atoms with Crippen molar-refractivity contribution in [2.45, 2.75) is 51.5 Å². The Labute approximate surface area is 135 Å². The first-order valence-corrected chi connectivity index (χ1v) is 8.58. The molecule has 0 aromatic heterocycles. The molecule has 1 aliphatic carbocycles. The summed E-state index contributed by atoms with van der Waals surface area (Å²) in [4.78, 5) is 0. The van der Waals surface area contributed by atoms with E-state index in [-0.39, 0.29) is 11.0 Å². The minimum absolute atomic E-state index is 0.0177. The highest BCUT2D eigenvalue weighted by atomic mass is 79.9. The van der Waals surface area contributed by atoms with E-state index >= 15 is 0 Å². The normalized spacial score (nSPS) is 23.4. The quantitative estimate of drug-likeness (QED) is 0.815. The van der Waals surface area contributed by atoms with Gasteiger partial charge in [-0.05, 0) is 46.5 Å². The predicted molar refractivity (Wildman–Crippen MR) is 87.9 cm³/mol. The van der Waals surface area contributed by atoms with Crippen LogP contribution in [0.15, 0.2) is 16.6 Å². The zero-order valence-electron chi connectivity index (χ0n) is 12.9. The molecule has 3 nitrogen and oxygen atoms in total. The lowest BCUT2D eigenvalue weighted by atomic mass is 9.77. The molecule has 0 saturated heterocycles. The van der Waals surface area contributed by atoms with Crippen molar-refractivity contribution >= 4 is 15.9 Å². The van der Waals surface area contributed by atoms with Crippen molar-refractivity contribution < 1.29 is 9.47 Å². The molecule has 1 aromatic carbocycles. The van der Waals surface area contributed by atoms with Gasteiger partial charge in [-0.15, -0.1) is 0 Å². The maximum Gasteiger partial charge on any atom is 0.175 e. The molecule has 0 radical (unpaired) electrons. The van der Waals surface area contributed by atoms with Crippen LogP contribution in [-0.4, -0.2) is 13.2 Å². The molecule has 4 heteroatoms. The number of halogens is 1. The van der Waals surface area contributed by atoms with E-state index in [0.717, 1.165) is 34.4 Å². The van der Waals surface area contributed by atoms with E-state index in [1.54, 1.807) is 0 Å². The van der Waals surface area contributed by atoms with E-state index in [0.29, 0.717) is 13.2 Å². The molecular weight excluding hydrogens is 330 g/mol. The average Bonchev–Trinajstić information content (AvgIpc) is 2.59. The van der Waals surface area contributed by atoms with Crippen LogP contribution in [0.4, 0.5) is 0 Å². The Morgan fingerprint density at radius 1 is 1.05 bits per heavy atom. The lowest BCUT2D eigenvalue weighted by Crippen LogP contribution is -2.38. The molecule has 0 bridgehead atoms. The van der Waals surface area contributed by atoms with Crippen LogP contribution < -0.4 is 15.2 Å². The van der Waals surface area contributed by atoms with Gasteiger partial charge in [-0.2, -0.15) is 0 Å². The molecular formula is C17H24BrNO2. The zero-order chi connectivity index (χ0) is 15.1. The summed E-state index contributed by atoms with van der Waals surface area (Å²) in [6.45, 7) is 5.62. The SMILES string of the molecule is CC1(C)COc2cc(C3(N)CCCCC3)cc(Br)c2OC1. The molecule has 1 heterocycles. The second-order valence-corrected chi connectivity index (χ2v) is 8.10. The van der Waals surface area contributed by atoms with Gasteiger partial charge in [-0.1, -0.05) is 33.1 Å². The lowest BCUT2D eigenvalue weighted by Gasteiger charge is -2.34. The fourth-order valence-corrected chi connectivity index (χ4v) is 3.71. The number of rotatable bonds is 1. The van der Waals surface area contributed by atoms with E-state index in [4.69, 9.17) is 15.2 Å². The summed E-state index contributed by atoms with van der Waals surface area (Å²) in [7, 11) is 0. The van der Waals surface area contributed by atoms with Crippen LogP contribution in [-0.2, 0) is 5.54 Å². The standard InChI is InChI=1S/C17H24BrNO2/c1-16(2)10-20-14-9-12(8-13(18)15(14)21-11-16)17(19)6-4-3-5-7-17/h8-9H,3-7,10-11,19H2,1-2H3. The summed E-state index contributed by atoms with van der Waals surface area (Å²) in [5.41, 5.74) is 7.62. The lowest BCUT2D eigenvalue weighted by molar-refractivity contribution is 0.140. The first-order chi connectivity index (χ1) is 9.90. The van der Waals surface area contributed by atoms with Crippen LogP contribution in [0.5, 0.6) is 11.5 Å². The van der Waals surface area contributed by atoms with E-state index < -0.39 is 0 Å². The summed E-state index contributed by atoms with van der Waals surface area (Å²) < 4.78 is 12.9. The topological polar surface area (TPSA) is 44.5 Å². The largest absolute Gasteiger partial charge is 0.489 e. The molecule has 0 amide bonds. The third kappa shape index (κ3) is 3.07. The molecule has 2 N–H and O–H groups in total. The third-order valence-electron chi connectivity index (χ3n) is 4.56. The molecule has 21 heavy (non-hydrogen) atoms. The van der Waals surface area contributed by atoms with Gasteiger partial charge in [0.1, 0.15) is 0 Å². The van der Waals surface area contributed by atoms with Crippen molar-refractivity contribution in [2.24, 2.45) is 11.1 Å². The average molecular weight is 354 g/mol. The molecule has 1 aliphatic heterocycles. The molecule has 3 rings (SSSR count). The molecule has 2 aliphatic rings. The van der Waals surface area contributed by atoms with E-state index in [2.05, 4.69) is 41.9 Å². The number of ether oxygens (including phenoxy) is 2. The second-order valence-electron chi connectivity index (χ2n) is 7.24. The first kappa shape index (κ1) is 15.2. The Bertz CT molecular complexity index is 536. The van der Waals surface area contributed by atoms with Crippen molar-refractivity contribution in [1.82, 2.24) is 0 Å². The summed E-state index contributed by atoms with van der Waals surface area (Å²) in [5, 5.41) is 0. The smallest absolute Gasteiger partial charge is 0.175 e. The fraction of sp³-hybridized carbons (Fsp3) is 0.647. The van der Waals surface area contributed by atoms with Gasteiger partial charge >= 0.3 is 0 Å². The molecule has 1 aromatic rings. The summed E-state index contributed by atoms with van der Waals surface area (Å²) >= 11 is 3.64. The van der Waals surface area contributed by atoms with Crippen molar-refractivity contribution in [3.63, 3.8) is 0 Å². The van der Waals surface area contributed by atoms with Gasteiger partial charge < -0.3 is 15.2 Å².